The number of hydrogen-bond acceptors (Lipinski definition) is 5. The Morgan fingerprint density at radius 2 is 2.11 bits per heavy atom. The maximum atomic E-state index is 12.0. The summed E-state index contributed by atoms with van der Waals surface area (Å²) in [4.78, 5) is 0.0146. The van der Waals surface area contributed by atoms with Crippen LogP contribution in [0.25, 0.3) is 0 Å². The van der Waals surface area contributed by atoms with E-state index in [4.69, 9.17) is 8.92 Å². The van der Waals surface area contributed by atoms with E-state index in [1.54, 1.807) is 19.1 Å². The third kappa shape index (κ3) is 2.29. The molecule has 1 aromatic rings. The number of rotatable bonds is 4. The third-order valence-corrected chi connectivity index (χ3v) is 4.30. The number of ether oxygens (including phenoxy) is 1. The van der Waals surface area contributed by atoms with Gasteiger partial charge in [0.05, 0.1) is 19.8 Å². The van der Waals surface area contributed by atoms with Gasteiger partial charge in [0.2, 0.25) is 0 Å². The van der Waals surface area contributed by atoms with Gasteiger partial charge in [0, 0.05) is 5.56 Å². The van der Waals surface area contributed by atoms with E-state index < -0.39 is 15.7 Å². The van der Waals surface area contributed by atoms with Gasteiger partial charge in [-0.2, -0.15) is 8.42 Å². The Morgan fingerprint density at radius 3 is 2.61 bits per heavy atom. The highest BCUT2D eigenvalue weighted by atomic mass is 32.2. The van der Waals surface area contributed by atoms with Gasteiger partial charge in [-0.25, -0.2) is 0 Å². The summed E-state index contributed by atoms with van der Waals surface area (Å²) in [5, 5.41) is 10.3. The van der Waals surface area contributed by atoms with E-state index in [1.807, 2.05) is 6.92 Å². The molecule has 1 aliphatic heterocycles. The monoisotopic (exact) mass is 272 g/mol. The average molecular weight is 272 g/mol. The fourth-order valence-electron chi connectivity index (χ4n) is 1.90. The number of hydrogen-bond donors (Lipinski definition) is 1. The first-order chi connectivity index (χ1) is 8.39. The lowest BCUT2D eigenvalue weighted by atomic mass is 9.91. The van der Waals surface area contributed by atoms with Crippen molar-refractivity contribution >= 4 is 10.1 Å². The summed E-state index contributed by atoms with van der Waals surface area (Å²) in [6, 6.07) is 4.80. The van der Waals surface area contributed by atoms with Crippen molar-refractivity contribution in [2.24, 2.45) is 0 Å². The number of benzene rings is 1. The van der Waals surface area contributed by atoms with Gasteiger partial charge in [-0.1, -0.05) is 17.7 Å². The minimum atomic E-state index is -3.83. The standard InChI is InChI=1S/C12H16O5S/c1-3-17-18(14,15)11-5-4-9(2)6-10(11)12(13)7-16-8-12/h4-6,13H,3,7-8H2,1-2H3. The Morgan fingerprint density at radius 1 is 1.44 bits per heavy atom. The van der Waals surface area contributed by atoms with Crippen molar-refractivity contribution in [1.29, 1.82) is 0 Å². The smallest absolute Gasteiger partial charge is 0.297 e. The van der Waals surface area contributed by atoms with E-state index in [2.05, 4.69) is 0 Å². The SMILES string of the molecule is CCOS(=O)(=O)c1ccc(C)cc1C1(O)COC1. The molecule has 0 atom stereocenters. The Labute approximate surface area is 106 Å². The first-order valence-corrected chi connectivity index (χ1v) is 7.10. The molecule has 0 radical (unpaired) electrons. The molecule has 0 bridgehead atoms. The van der Waals surface area contributed by atoms with E-state index in [1.165, 1.54) is 6.07 Å². The first kappa shape index (κ1) is 13.5. The Bertz CT molecular complexity index is 546. The molecule has 0 spiro atoms. The summed E-state index contributed by atoms with van der Waals surface area (Å²) in [5.41, 5.74) is -0.00565. The highest BCUT2D eigenvalue weighted by Gasteiger charge is 2.42. The lowest BCUT2D eigenvalue weighted by Crippen LogP contribution is -2.47. The summed E-state index contributed by atoms with van der Waals surface area (Å²) in [7, 11) is -3.83. The molecule has 1 aromatic carbocycles. The molecule has 1 aliphatic rings. The van der Waals surface area contributed by atoms with Crippen LogP contribution in [0, 0.1) is 6.92 Å². The maximum Gasteiger partial charge on any atom is 0.297 e. The molecule has 1 heterocycles. The van der Waals surface area contributed by atoms with Gasteiger partial charge >= 0.3 is 0 Å². The molecule has 0 unspecified atom stereocenters. The Kier molecular flexibility index (Phi) is 3.46. The Hall–Kier alpha value is -0.950. The van der Waals surface area contributed by atoms with Crippen LogP contribution in [-0.2, 0) is 24.6 Å². The zero-order valence-electron chi connectivity index (χ0n) is 10.3. The minimum Gasteiger partial charge on any atom is -0.380 e. The molecule has 5 nitrogen and oxygen atoms in total. The minimum absolute atomic E-state index is 0.0146. The summed E-state index contributed by atoms with van der Waals surface area (Å²) in [6.45, 7) is 3.71. The predicted molar refractivity (Wildman–Crippen MR) is 64.7 cm³/mol. The van der Waals surface area contributed by atoms with Crippen molar-refractivity contribution in [3.05, 3.63) is 29.3 Å². The highest BCUT2D eigenvalue weighted by Crippen LogP contribution is 2.35. The topological polar surface area (TPSA) is 72.8 Å². The molecule has 0 aliphatic carbocycles. The van der Waals surface area contributed by atoms with Gasteiger partial charge in [0.15, 0.2) is 0 Å². The van der Waals surface area contributed by atoms with E-state index in [-0.39, 0.29) is 24.7 Å². The summed E-state index contributed by atoms with van der Waals surface area (Å²) >= 11 is 0. The molecule has 0 saturated carbocycles. The van der Waals surface area contributed by atoms with Gasteiger partial charge in [0.25, 0.3) is 10.1 Å². The summed E-state index contributed by atoms with van der Waals surface area (Å²) in [6.07, 6.45) is 0. The van der Waals surface area contributed by atoms with Crippen molar-refractivity contribution in [3.63, 3.8) is 0 Å². The predicted octanol–water partition coefficient (Wildman–Crippen LogP) is 0.938. The normalized spacial score (nSPS) is 18.4. The molecule has 0 amide bonds. The molecule has 100 valence electrons. The second-order valence-corrected chi connectivity index (χ2v) is 5.97. The third-order valence-electron chi connectivity index (χ3n) is 2.86. The lowest BCUT2D eigenvalue weighted by molar-refractivity contribution is -0.186. The molecule has 0 aromatic heterocycles. The van der Waals surface area contributed by atoms with Crippen molar-refractivity contribution in [3.8, 4) is 0 Å². The first-order valence-electron chi connectivity index (χ1n) is 5.70. The molecule has 6 heteroatoms. The van der Waals surface area contributed by atoms with Crippen molar-refractivity contribution in [1.82, 2.24) is 0 Å². The maximum absolute atomic E-state index is 12.0. The van der Waals surface area contributed by atoms with Crippen LogP contribution in [0.15, 0.2) is 23.1 Å². The van der Waals surface area contributed by atoms with Crippen LogP contribution in [0.1, 0.15) is 18.1 Å². The van der Waals surface area contributed by atoms with Crippen LogP contribution in [0.2, 0.25) is 0 Å². The Balaban J connectivity index is 2.54. The quantitative estimate of drug-likeness (QED) is 0.826. The van der Waals surface area contributed by atoms with Gasteiger partial charge in [0.1, 0.15) is 10.5 Å². The van der Waals surface area contributed by atoms with Crippen LogP contribution < -0.4 is 0 Å². The fraction of sp³-hybridized carbons (Fsp3) is 0.500. The van der Waals surface area contributed by atoms with Crippen LogP contribution in [0.3, 0.4) is 0 Å². The van der Waals surface area contributed by atoms with Crippen LogP contribution in [0.4, 0.5) is 0 Å². The molecule has 1 N–H and O–H groups in total. The molecular formula is C12H16O5S. The van der Waals surface area contributed by atoms with E-state index in [0.29, 0.717) is 5.56 Å². The van der Waals surface area contributed by atoms with Gasteiger partial charge in [-0.3, -0.25) is 4.18 Å². The second kappa shape index (κ2) is 4.62. The zero-order valence-corrected chi connectivity index (χ0v) is 11.2. The lowest BCUT2D eigenvalue weighted by Gasteiger charge is -2.37. The number of aliphatic hydroxyl groups is 1. The largest absolute Gasteiger partial charge is 0.380 e. The van der Waals surface area contributed by atoms with Crippen molar-refractivity contribution in [2.45, 2.75) is 24.3 Å². The van der Waals surface area contributed by atoms with E-state index in [0.717, 1.165) is 5.56 Å². The molecule has 18 heavy (non-hydrogen) atoms. The van der Waals surface area contributed by atoms with Crippen LogP contribution in [-0.4, -0.2) is 33.3 Å². The number of aryl methyl sites for hydroxylation is 1. The van der Waals surface area contributed by atoms with Crippen molar-refractivity contribution < 1.29 is 22.4 Å². The van der Waals surface area contributed by atoms with Crippen molar-refractivity contribution in [2.75, 3.05) is 19.8 Å². The summed E-state index contributed by atoms with van der Waals surface area (Å²) < 4.78 is 33.7. The highest BCUT2D eigenvalue weighted by molar-refractivity contribution is 7.86. The molecule has 1 saturated heterocycles. The van der Waals surface area contributed by atoms with Crippen LogP contribution in [0.5, 0.6) is 0 Å². The van der Waals surface area contributed by atoms with Crippen LogP contribution >= 0.6 is 0 Å². The second-order valence-electron chi connectivity index (χ2n) is 4.38. The summed E-state index contributed by atoms with van der Waals surface area (Å²) in [5.74, 6) is 0. The van der Waals surface area contributed by atoms with Gasteiger partial charge < -0.3 is 9.84 Å². The van der Waals surface area contributed by atoms with Gasteiger partial charge in [-0.15, -0.1) is 0 Å². The van der Waals surface area contributed by atoms with E-state index >= 15 is 0 Å². The average Bonchev–Trinajstić information content (AvgIpc) is 2.25. The van der Waals surface area contributed by atoms with Gasteiger partial charge in [-0.05, 0) is 19.9 Å². The fourth-order valence-corrected chi connectivity index (χ4v) is 3.09. The zero-order chi connectivity index (χ0) is 13.4. The molecule has 2 rings (SSSR count). The molecular weight excluding hydrogens is 256 g/mol. The van der Waals surface area contributed by atoms with E-state index in [9.17, 15) is 13.5 Å². The molecule has 1 fully saturated rings.